The predicted molar refractivity (Wildman–Crippen MR) is 64.4 cm³/mol. The van der Waals surface area contributed by atoms with Crippen molar-refractivity contribution < 1.29 is 33.0 Å². The third-order valence-corrected chi connectivity index (χ3v) is 2.78. The Labute approximate surface area is 117 Å². The lowest BCUT2D eigenvalue weighted by atomic mass is 10.1. The molecule has 1 heterocycles. The molecule has 1 aromatic rings. The zero-order valence-corrected chi connectivity index (χ0v) is 10.8. The molecule has 0 saturated carbocycles. The van der Waals surface area contributed by atoms with Gasteiger partial charge in [-0.05, 0) is 6.07 Å². The molecule has 1 aliphatic heterocycles. The van der Waals surface area contributed by atoms with E-state index < -0.39 is 35.1 Å². The van der Waals surface area contributed by atoms with E-state index in [0.29, 0.717) is 0 Å². The summed E-state index contributed by atoms with van der Waals surface area (Å²) in [6, 6.07) is 0.934. The van der Waals surface area contributed by atoms with Gasteiger partial charge in [-0.3, -0.25) is 15.7 Å². The maximum atomic E-state index is 13.8. The molecule has 0 radical (unpaired) electrons. The highest BCUT2D eigenvalue weighted by molar-refractivity contribution is 5.98. The number of ether oxygens (including phenoxy) is 2. The molecule has 0 unspecified atom stereocenters. The zero-order valence-electron chi connectivity index (χ0n) is 10.8. The van der Waals surface area contributed by atoms with Crippen LogP contribution in [-0.2, 0) is 9.47 Å². The van der Waals surface area contributed by atoms with E-state index in [9.17, 15) is 13.2 Å². The summed E-state index contributed by atoms with van der Waals surface area (Å²) >= 11 is 0. The number of amidine groups is 1. The molecule has 1 aromatic carbocycles. The number of nitrogens with zero attached hydrogens (tertiary/aromatic N) is 1. The molecule has 3 N–H and O–H groups in total. The van der Waals surface area contributed by atoms with Gasteiger partial charge in [-0.2, -0.15) is 0 Å². The van der Waals surface area contributed by atoms with Crippen LogP contribution in [-0.4, -0.2) is 42.5 Å². The normalized spacial score (nSPS) is 16.5. The smallest absolute Gasteiger partial charge is 0.195 e. The van der Waals surface area contributed by atoms with Crippen LogP contribution in [0, 0.1) is 17.5 Å². The fourth-order valence-electron chi connectivity index (χ4n) is 1.85. The number of aliphatic imine (C=N–C) groups is 1. The molecule has 0 atom stereocenters. The first-order valence-corrected chi connectivity index (χ1v) is 6.06. The third-order valence-electron chi connectivity index (χ3n) is 2.78. The van der Waals surface area contributed by atoms with Gasteiger partial charge in [0.25, 0.3) is 0 Å². The third kappa shape index (κ3) is 3.16. The first kappa shape index (κ1) is 15.7. The van der Waals surface area contributed by atoms with Gasteiger partial charge in [0.15, 0.2) is 29.6 Å². The molecule has 6 nitrogen and oxygen atoms in total. The summed E-state index contributed by atoms with van der Waals surface area (Å²) in [5.74, 6) is -5.12. The number of aliphatic hydroxyl groups excluding tert-OH is 1. The van der Waals surface area contributed by atoms with Crippen LogP contribution in [0.5, 0.6) is 0 Å². The van der Waals surface area contributed by atoms with E-state index in [1.165, 1.54) is 0 Å². The van der Waals surface area contributed by atoms with Crippen molar-refractivity contribution in [1.82, 2.24) is 5.48 Å². The molecule has 0 amide bonds. The Hall–Kier alpha value is -1.68. The maximum absolute atomic E-state index is 13.8. The molecule has 0 spiro atoms. The van der Waals surface area contributed by atoms with Crippen LogP contribution in [0.15, 0.2) is 11.1 Å². The standard InChI is InChI=1S/C12H13F3N2O4/c13-8-6(11(17-19)16-1-2-18)5-7(9(14)10(8)15)12-20-3-4-21-12/h5,12,18-19H,1-4H2,(H,16,17). The highest BCUT2D eigenvalue weighted by atomic mass is 19.2. The molecular formula is C12H13F3N2O4. The number of hydrogen-bond donors (Lipinski definition) is 3. The molecule has 21 heavy (non-hydrogen) atoms. The number of rotatable bonds is 4. The average Bonchev–Trinajstić information content (AvgIpc) is 3.01. The van der Waals surface area contributed by atoms with Gasteiger partial charge in [-0.1, -0.05) is 0 Å². The van der Waals surface area contributed by atoms with Crippen LogP contribution in [0.2, 0.25) is 0 Å². The van der Waals surface area contributed by atoms with Crippen molar-refractivity contribution >= 4 is 5.84 Å². The topological polar surface area (TPSA) is 83.3 Å². The Morgan fingerprint density at radius 3 is 2.48 bits per heavy atom. The van der Waals surface area contributed by atoms with Crippen molar-refractivity contribution in [3.63, 3.8) is 0 Å². The van der Waals surface area contributed by atoms with Gasteiger partial charge in [-0.25, -0.2) is 13.2 Å². The van der Waals surface area contributed by atoms with Gasteiger partial charge in [0.05, 0.1) is 31.9 Å². The van der Waals surface area contributed by atoms with Gasteiger partial charge in [-0.15, -0.1) is 0 Å². The van der Waals surface area contributed by atoms with E-state index in [1.54, 1.807) is 5.48 Å². The first-order chi connectivity index (χ1) is 10.1. The van der Waals surface area contributed by atoms with E-state index in [-0.39, 0.29) is 31.9 Å². The van der Waals surface area contributed by atoms with Gasteiger partial charge in [0.1, 0.15) is 0 Å². The summed E-state index contributed by atoms with van der Waals surface area (Å²) < 4.78 is 51.3. The Morgan fingerprint density at radius 1 is 1.24 bits per heavy atom. The lowest BCUT2D eigenvalue weighted by Crippen LogP contribution is -2.24. The van der Waals surface area contributed by atoms with Crippen molar-refractivity contribution in [2.75, 3.05) is 26.4 Å². The lowest BCUT2D eigenvalue weighted by Gasteiger charge is -2.14. The van der Waals surface area contributed by atoms with Crippen LogP contribution in [0.4, 0.5) is 13.2 Å². The minimum absolute atomic E-state index is 0.160. The van der Waals surface area contributed by atoms with E-state index in [0.717, 1.165) is 6.07 Å². The first-order valence-electron chi connectivity index (χ1n) is 6.06. The van der Waals surface area contributed by atoms with Crippen LogP contribution in [0.25, 0.3) is 0 Å². The Balaban J connectivity index is 2.49. The van der Waals surface area contributed by atoms with Crippen molar-refractivity contribution in [3.05, 3.63) is 34.6 Å². The molecule has 0 aliphatic carbocycles. The Bertz CT molecular complexity index is 548. The molecule has 1 fully saturated rings. The van der Waals surface area contributed by atoms with E-state index in [4.69, 9.17) is 19.8 Å². The van der Waals surface area contributed by atoms with Gasteiger partial charge < -0.3 is 14.6 Å². The number of benzene rings is 1. The van der Waals surface area contributed by atoms with Crippen LogP contribution in [0.3, 0.4) is 0 Å². The highest BCUT2D eigenvalue weighted by Crippen LogP contribution is 2.29. The van der Waals surface area contributed by atoms with Crippen LogP contribution >= 0.6 is 0 Å². The summed E-state index contributed by atoms with van der Waals surface area (Å²) in [5, 5.41) is 17.6. The quantitative estimate of drug-likeness (QED) is 0.333. The van der Waals surface area contributed by atoms with Gasteiger partial charge in [0, 0.05) is 5.56 Å². The predicted octanol–water partition coefficient (Wildman–Crippen LogP) is 0.867. The van der Waals surface area contributed by atoms with Gasteiger partial charge >= 0.3 is 0 Å². The largest absolute Gasteiger partial charge is 0.394 e. The number of hydrogen-bond acceptors (Lipinski definition) is 5. The second-order valence-electron chi connectivity index (χ2n) is 4.09. The number of halogens is 3. The summed E-state index contributed by atoms with van der Waals surface area (Å²) in [4.78, 5) is 3.63. The summed E-state index contributed by atoms with van der Waals surface area (Å²) in [6.07, 6.45) is -1.16. The highest BCUT2D eigenvalue weighted by Gasteiger charge is 2.28. The molecular weight excluding hydrogens is 293 g/mol. The number of aliphatic hydroxyl groups is 1. The average molecular weight is 306 g/mol. The summed E-state index contributed by atoms with van der Waals surface area (Å²) in [6.45, 7) is -0.129. The fourth-order valence-corrected chi connectivity index (χ4v) is 1.85. The molecule has 116 valence electrons. The Morgan fingerprint density at radius 2 is 1.90 bits per heavy atom. The SMILES string of the molecule is OCCN=C(NO)c1cc(C2OCCO2)c(F)c(F)c1F. The van der Waals surface area contributed by atoms with E-state index in [1.807, 2.05) is 0 Å². The van der Waals surface area contributed by atoms with Crippen molar-refractivity contribution in [2.24, 2.45) is 4.99 Å². The van der Waals surface area contributed by atoms with Crippen LogP contribution < -0.4 is 5.48 Å². The molecule has 0 aromatic heterocycles. The second-order valence-corrected chi connectivity index (χ2v) is 4.09. The van der Waals surface area contributed by atoms with Crippen molar-refractivity contribution in [2.45, 2.75) is 6.29 Å². The van der Waals surface area contributed by atoms with Crippen LogP contribution in [0.1, 0.15) is 17.4 Å². The van der Waals surface area contributed by atoms with Gasteiger partial charge in [0.2, 0.25) is 0 Å². The number of hydroxylamine groups is 1. The van der Waals surface area contributed by atoms with E-state index >= 15 is 0 Å². The summed E-state index contributed by atoms with van der Waals surface area (Å²) in [5.41, 5.74) is 0.746. The minimum Gasteiger partial charge on any atom is -0.394 e. The monoisotopic (exact) mass is 306 g/mol. The molecule has 0 bridgehead atoms. The fraction of sp³-hybridized carbons (Fsp3) is 0.417. The molecule has 1 saturated heterocycles. The van der Waals surface area contributed by atoms with Crippen molar-refractivity contribution in [1.29, 1.82) is 0 Å². The molecule has 2 rings (SSSR count). The molecule has 1 aliphatic rings. The van der Waals surface area contributed by atoms with Crippen molar-refractivity contribution in [3.8, 4) is 0 Å². The second kappa shape index (κ2) is 6.85. The maximum Gasteiger partial charge on any atom is 0.195 e. The lowest BCUT2D eigenvalue weighted by molar-refractivity contribution is -0.0469. The van der Waals surface area contributed by atoms with E-state index in [2.05, 4.69) is 4.99 Å². The zero-order chi connectivity index (χ0) is 15.4. The molecule has 9 heteroatoms. The Kier molecular flexibility index (Phi) is 5.12. The summed E-state index contributed by atoms with van der Waals surface area (Å²) in [7, 11) is 0. The minimum atomic E-state index is -1.73. The number of nitrogens with one attached hydrogen (secondary N) is 1.